The van der Waals surface area contributed by atoms with Gasteiger partial charge in [-0.25, -0.2) is 4.79 Å². The molecular formula is C10H20N2O. The largest absolute Gasteiger partial charge is 0.336 e. The highest BCUT2D eigenvalue weighted by Crippen LogP contribution is 2.33. The Hall–Kier alpha value is -0.730. The van der Waals surface area contributed by atoms with E-state index in [4.69, 9.17) is 0 Å². The molecule has 0 aromatic heterocycles. The lowest BCUT2D eigenvalue weighted by molar-refractivity contribution is 0.140. The van der Waals surface area contributed by atoms with Gasteiger partial charge in [-0.2, -0.15) is 0 Å². The normalized spacial score (nSPS) is 32.5. The maximum atomic E-state index is 11.3. The SMILES string of the molecule is CC(C)NC(=O)NC1CC(C)C1C. The van der Waals surface area contributed by atoms with Crippen molar-refractivity contribution in [3.63, 3.8) is 0 Å². The number of rotatable bonds is 2. The van der Waals surface area contributed by atoms with E-state index in [1.807, 2.05) is 13.8 Å². The van der Waals surface area contributed by atoms with Gasteiger partial charge < -0.3 is 10.6 Å². The molecule has 3 heteroatoms. The molecule has 0 aromatic carbocycles. The standard InChI is InChI=1S/C10H20N2O/c1-6(2)11-10(13)12-9-5-7(3)8(9)4/h6-9H,5H2,1-4H3,(H2,11,12,13). The lowest BCUT2D eigenvalue weighted by Crippen LogP contribution is -2.53. The predicted octanol–water partition coefficient (Wildman–Crippen LogP) is 1.74. The van der Waals surface area contributed by atoms with E-state index in [0.29, 0.717) is 12.0 Å². The summed E-state index contributed by atoms with van der Waals surface area (Å²) in [4.78, 5) is 11.3. The molecule has 0 aromatic rings. The lowest BCUT2D eigenvalue weighted by atomic mass is 9.71. The molecule has 1 aliphatic rings. The molecule has 0 spiro atoms. The minimum atomic E-state index is -0.0289. The Labute approximate surface area is 80.3 Å². The van der Waals surface area contributed by atoms with E-state index in [2.05, 4.69) is 24.5 Å². The van der Waals surface area contributed by atoms with Crippen LogP contribution in [-0.2, 0) is 0 Å². The average molecular weight is 184 g/mol. The van der Waals surface area contributed by atoms with Crippen molar-refractivity contribution in [1.29, 1.82) is 0 Å². The topological polar surface area (TPSA) is 41.1 Å². The van der Waals surface area contributed by atoms with Crippen molar-refractivity contribution in [1.82, 2.24) is 10.6 Å². The third kappa shape index (κ3) is 2.61. The zero-order chi connectivity index (χ0) is 10.0. The fraction of sp³-hybridized carbons (Fsp3) is 0.900. The van der Waals surface area contributed by atoms with E-state index in [0.717, 1.165) is 12.3 Å². The van der Waals surface area contributed by atoms with Gasteiger partial charge >= 0.3 is 6.03 Å². The van der Waals surface area contributed by atoms with Crippen molar-refractivity contribution in [3.8, 4) is 0 Å². The molecule has 1 aliphatic carbocycles. The summed E-state index contributed by atoms with van der Waals surface area (Å²) in [7, 11) is 0. The van der Waals surface area contributed by atoms with Gasteiger partial charge in [-0.05, 0) is 32.1 Å². The fourth-order valence-corrected chi connectivity index (χ4v) is 1.69. The van der Waals surface area contributed by atoms with Gasteiger partial charge in [-0.3, -0.25) is 0 Å². The molecule has 1 rings (SSSR count). The van der Waals surface area contributed by atoms with Crippen molar-refractivity contribution in [3.05, 3.63) is 0 Å². The van der Waals surface area contributed by atoms with Gasteiger partial charge in [0.15, 0.2) is 0 Å². The number of hydrogen-bond donors (Lipinski definition) is 2. The molecule has 1 fully saturated rings. The highest BCUT2D eigenvalue weighted by atomic mass is 16.2. The van der Waals surface area contributed by atoms with Crippen LogP contribution < -0.4 is 10.6 Å². The minimum Gasteiger partial charge on any atom is -0.336 e. The van der Waals surface area contributed by atoms with Gasteiger partial charge in [0, 0.05) is 12.1 Å². The first kappa shape index (κ1) is 10.4. The molecule has 2 N–H and O–H groups in total. The Morgan fingerprint density at radius 2 is 2.00 bits per heavy atom. The van der Waals surface area contributed by atoms with E-state index < -0.39 is 0 Å². The Balaban J connectivity index is 2.22. The van der Waals surface area contributed by atoms with Gasteiger partial charge in [0.1, 0.15) is 0 Å². The van der Waals surface area contributed by atoms with E-state index in [1.165, 1.54) is 0 Å². The zero-order valence-corrected chi connectivity index (χ0v) is 8.92. The molecule has 0 saturated heterocycles. The molecule has 3 nitrogen and oxygen atoms in total. The summed E-state index contributed by atoms with van der Waals surface area (Å²) in [5, 5.41) is 5.81. The third-order valence-electron chi connectivity index (χ3n) is 2.89. The van der Waals surface area contributed by atoms with E-state index in [9.17, 15) is 4.79 Å². The quantitative estimate of drug-likeness (QED) is 0.674. The number of hydrogen-bond acceptors (Lipinski definition) is 1. The summed E-state index contributed by atoms with van der Waals surface area (Å²) in [5.41, 5.74) is 0. The van der Waals surface area contributed by atoms with Crippen LogP contribution in [0.3, 0.4) is 0 Å². The molecule has 76 valence electrons. The maximum Gasteiger partial charge on any atom is 0.315 e. The molecular weight excluding hydrogens is 164 g/mol. The first-order valence-corrected chi connectivity index (χ1v) is 5.07. The molecule has 3 atom stereocenters. The number of nitrogens with one attached hydrogen (secondary N) is 2. The number of amides is 2. The smallest absolute Gasteiger partial charge is 0.315 e. The van der Waals surface area contributed by atoms with E-state index >= 15 is 0 Å². The second-order valence-corrected chi connectivity index (χ2v) is 4.45. The molecule has 3 unspecified atom stereocenters. The summed E-state index contributed by atoms with van der Waals surface area (Å²) >= 11 is 0. The van der Waals surface area contributed by atoms with Crippen LogP contribution in [-0.4, -0.2) is 18.1 Å². The first-order valence-electron chi connectivity index (χ1n) is 5.07. The molecule has 2 amide bonds. The Bertz CT molecular complexity index is 191. The van der Waals surface area contributed by atoms with Crippen LogP contribution in [0.2, 0.25) is 0 Å². The highest BCUT2D eigenvalue weighted by molar-refractivity contribution is 5.74. The Morgan fingerprint density at radius 1 is 1.38 bits per heavy atom. The summed E-state index contributed by atoms with van der Waals surface area (Å²) in [6, 6.07) is 0.570. The molecule has 0 aliphatic heterocycles. The average Bonchev–Trinajstić information content (AvgIpc) is 2.02. The third-order valence-corrected chi connectivity index (χ3v) is 2.89. The Kier molecular flexibility index (Phi) is 3.17. The van der Waals surface area contributed by atoms with Crippen LogP contribution in [0.15, 0.2) is 0 Å². The van der Waals surface area contributed by atoms with E-state index in [-0.39, 0.29) is 12.1 Å². The second-order valence-electron chi connectivity index (χ2n) is 4.45. The van der Waals surface area contributed by atoms with Gasteiger partial charge in [-0.15, -0.1) is 0 Å². The monoisotopic (exact) mass is 184 g/mol. The summed E-state index contributed by atoms with van der Waals surface area (Å²) < 4.78 is 0. The van der Waals surface area contributed by atoms with Gasteiger partial charge in [0.25, 0.3) is 0 Å². The summed E-state index contributed by atoms with van der Waals surface area (Å²) in [6.45, 7) is 8.34. The van der Waals surface area contributed by atoms with Crippen molar-refractivity contribution in [2.75, 3.05) is 0 Å². The molecule has 0 radical (unpaired) electrons. The maximum absolute atomic E-state index is 11.3. The van der Waals surface area contributed by atoms with Gasteiger partial charge in [0.05, 0.1) is 0 Å². The number of carbonyl (C=O) groups is 1. The van der Waals surface area contributed by atoms with Crippen molar-refractivity contribution >= 4 is 6.03 Å². The van der Waals surface area contributed by atoms with Crippen LogP contribution >= 0.6 is 0 Å². The van der Waals surface area contributed by atoms with Crippen LogP contribution in [0.1, 0.15) is 34.1 Å². The first-order chi connectivity index (χ1) is 6.00. The zero-order valence-electron chi connectivity index (χ0n) is 8.92. The van der Waals surface area contributed by atoms with Gasteiger partial charge in [-0.1, -0.05) is 13.8 Å². The highest BCUT2D eigenvalue weighted by Gasteiger charge is 2.35. The van der Waals surface area contributed by atoms with E-state index in [1.54, 1.807) is 0 Å². The lowest BCUT2D eigenvalue weighted by Gasteiger charge is -2.41. The molecule has 0 heterocycles. The molecule has 13 heavy (non-hydrogen) atoms. The second kappa shape index (κ2) is 3.99. The number of urea groups is 1. The number of carbonyl (C=O) groups excluding carboxylic acids is 1. The van der Waals surface area contributed by atoms with Gasteiger partial charge in [0.2, 0.25) is 0 Å². The summed E-state index contributed by atoms with van der Waals surface area (Å²) in [5.74, 6) is 1.38. The predicted molar refractivity (Wildman–Crippen MR) is 53.5 cm³/mol. The van der Waals surface area contributed by atoms with Crippen molar-refractivity contribution in [2.24, 2.45) is 11.8 Å². The van der Waals surface area contributed by atoms with Crippen LogP contribution in [0.5, 0.6) is 0 Å². The van der Waals surface area contributed by atoms with Crippen LogP contribution in [0.4, 0.5) is 4.79 Å². The Morgan fingerprint density at radius 3 is 2.38 bits per heavy atom. The van der Waals surface area contributed by atoms with Crippen molar-refractivity contribution in [2.45, 2.75) is 46.2 Å². The molecule has 0 bridgehead atoms. The van der Waals surface area contributed by atoms with Crippen molar-refractivity contribution < 1.29 is 4.79 Å². The fourth-order valence-electron chi connectivity index (χ4n) is 1.69. The molecule has 1 saturated carbocycles. The summed E-state index contributed by atoms with van der Waals surface area (Å²) in [6.07, 6.45) is 1.12. The van der Waals surface area contributed by atoms with Crippen LogP contribution in [0, 0.1) is 11.8 Å². The minimum absolute atomic E-state index is 0.0289. The van der Waals surface area contributed by atoms with Crippen LogP contribution in [0.25, 0.3) is 0 Å².